The molecule has 4 aliphatic rings. The van der Waals surface area contributed by atoms with E-state index in [1.807, 2.05) is 58.1 Å². The summed E-state index contributed by atoms with van der Waals surface area (Å²) >= 11 is 2.34. The van der Waals surface area contributed by atoms with Crippen LogP contribution in [-0.4, -0.2) is 149 Å². The average Bonchev–Trinajstić information content (AvgIpc) is 3.37. The van der Waals surface area contributed by atoms with E-state index in [2.05, 4.69) is 22.6 Å². The molecule has 414 valence electrons. The topological polar surface area (TPSA) is 205 Å². The molecular weight excluding hydrogens is 1050 g/mol. The van der Waals surface area contributed by atoms with Crippen molar-refractivity contribution >= 4 is 51.8 Å². The fourth-order valence-corrected chi connectivity index (χ4v) is 11.2. The van der Waals surface area contributed by atoms with Gasteiger partial charge in [-0.25, -0.2) is 4.79 Å². The highest BCUT2D eigenvalue weighted by Gasteiger charge is 2.53. The zero-order valence-electron chi connectivity index (χ0n) is 45.3. The second-order valence-corrected chi connectivity index (χ2v) is 22.6. The van der Waals surface area contributed by atoms with Crippen LogP contribution in [0.2, 0.25) is 0 Å². The van der Waals surface area contributed by atoms with E-state index < -0.39 is 77.8 Å². The number of Topliss-reactive ketones (excluding diaryl/α,β-unsaturated/α-hetero) is 3. The molecule has 0 radical (unpaired) electrons. The van der Waals surface area contributed by atoms with Gasteiger partial charge in [-0.15, -0.1) is 0 Å². The van der Waals surface area contributed by atoms with Crippen molar-refractivity contribution in [3.63, 3.8) is 0 Å². The molecule has 2 saturated heterocycles. The Bertz CT molecular complexity index is 1900. The lowest BCUT2D eigenvalue weighted by molar-refractivity contribution is -0.266. The van der Waals surface area contributed by atoms with Crippen molar-refractivity contribution in [2.24, 2.45) is 35.5 Å². The van der Waals surface area contributed by atoms with Crippen molar-refractivity contribution in [1.29, 1.82) is 0 Å². The molecule has 15 atom stereocenters. The summed E-state index contributed by atoms with van der Waals surface area (Å²) in [5.74, 6) is -7.92. The first-order valence-corrected chi connectivity index (χ1v) is 28.7. The average molecular weight is 1140 g/mol. The van der Waals surface area contributed by atoms with Crippen molar-refractivity contribution in [2.45, 2.75) is 199 Å². The normalized spacial score (nSPS) is 37.3. The highest BCUT2D eigenvalue weighted by Crippen LogP contribution is 2.38. The van der Waals surface area contributed by atoms with Gasteiger partial charge >= 0.3 is 5.97 Å². The van der Waals surface area contributed by atoms with Crippen LogP contribution in [0.1, 0.15) is 145 Å². The van der Waals surface area contributed by atoms with Crippen LogP contribution < -0.4 is 0 Å². The number of esters is 1. The Morgan fingerprint density at radius 3 is 2.29 bits per heavy atom. The second-order valence-electron chi connectivity index (χ2n) is 21.5. The minimum absolute atomic E-state index is 0.00128. The Balaban J connectivity index is 1.71. The van der Waals surface area contributed by atoms with Crippen molar-refractivity contribution < 1.29 is 67.7 Å². The van der Waals surface area contributed by atoms with Crippen molar-refractivity contribution in [3.8, 4) is 0 Å². The molecule has 3 N–H and O–H groups in total. The van der Waals surface area contributed by atoms with E-state index in [1.165, 1.54) is 12.0 Å². The Hall–Kier alpha value is -2.68. The number of carbonyl (C=O) groups excluding carboxylic acids is 5. The van der Waals surface area contributed by atoms with Crippen molar-refractivity contribution in [1.82, 2.24) is 4.90 Å². The molecule has 15 nitrogen and oxygen atoms in total. The molecule has 73 heavy (non-hydrogen) atoms. The van der Waals surface area contributed by atoms with E-state index in [0.29, 0.717) is 70.2 Å². The van der Waals surface area contributed by atoms with Crippen LogP contribution in [0.5, 0.6) is 0 Å². The Morgan fingerprint density at radius 2 is 1.59 bits per heavy atom. The number of unbranched alkanes of at least 4 members (excludes halogenated alkanes) is 1. The summed E-state index contributed by atoms with van der Waals surface area (Å²) in [6, 6.07) is -1.15. The van der Waals surface area contributed by atoms with Gasteiger partial charge in [0.15, 0.2) is 5.78 Å². The van der Waals surface area contributed by atoms with Crippen molar-refractivity contribution in [2.75, 3.05) is 45.0 Å². The van der Waals surface area contributed by atoms with Crippen LogP contribution >= 0.6 is 22.6 Å². The molecule has 1 unspecified atom stereocenters. The molecular formula is C57H90INO14. The van der Waals surface area contributed by atoms with E-state index in [-0.39, 0.29) is 73.9 Å². The van der Waals surface area contributed by atoms with Crippen LogP contribution in [0.4, 0.5) is 0 Å². The Labute approximate surface area is 449 Å². The predicted molar refractivity (Wildman–Crippen MR) is 288 cm³/mol. The van der Waals surface area contributed by atoms with E-state index in [4.69, 9.17) is 28.4 Å². The molecule has 0 aromatic heterocycles. The first-order valence-electron chi connectivity index (χ1n) is 27.2. The number of piperidine rings is 1. The second kappa shape index (κ2) is 31.5. The van der Waals surface area contributed by atoms with Gasteiger partial charge in [-0.2, -0.15) is 0 Å². The third-order valence-corrected chi connectivity index (χ3v) is 16.4. The number of carbonyl (C=O) groups is 5. The number of hydrogen-bond acceptors (Lipinski definition) is 14. The number of allylic oxidation sites excluding steroid dienone is 6. The number of rotatable bonds is 14. The van der Waals surface area contributed by atoms with Gasteiger partial charge in [0, 0.05) is 75.6 Å². The fraction of sp³-hybridized carbons (Fsp3) is 0.772. The maximum Gasteiger partial charge on any atom is 0.329 e. The van der Waals surface area contributed by atoms with Gasteiger partial charge in [-0.1, -0.05) is 93.7 Å². The molecule has 2 bridgehead atoms. The fourth-order valence-electron chi connectivity index (χ4n) is 10.9. The predicted octanol–water partition coefficient (Wildman–Crippen LogP) is 8.17. The van der Waals surface area contributed by atoms with E-state index in [1.54, 1.807) is 34.0 Å². The molecule has 1 aliphatic carbocycles. The highest BCUT2D eigenvalue weighted by molar-refractivity contribution is 14.1. The maximum atomic E-state index is 14.6. The van der Waals surface area contributed by atoms with Crippen LogP contribution in [0.15, 0.2) is 47.6 Å². The van der Waals surface area contributed by atoms with E-state index in [0.717, 1.165) is 35.7 Å². The summed E-state index contributed by atoms with van der Waals surface area (Å²) in [6.07, 6.45) is 14.6. The number of ether oxygens (including phenoxy) is 6. The highest BCUT2D eigenvalue weighted by atomic mass is 127. The molecule has 3 heterocycles. The number of aliphatic hydroxyl groups is 3. The standard InChI is InChI=1S/C57H90INO14/c1-36-18-11-10-12-19-37(2)48(71-28-16-15-27-60)34-44-23-21-42(7)57(67,73-44)54(64)55(65)59-26-14-13-20-45(59)56(66)72-49(39(4)32-43-22-24-47(50(33-43)68-8)70-29-17-25-58)35-46(61)38(3)31-41(6)52(63)53(69-9)51(62)40(5)30-36/h10-12,18-19,31,36,38-40,42-45,47-50,52-53,60,63,67H,13-17,20-30,32-35H2,1-9H3/b12-10+,18-11+,37-19+,41-31+/t36-,38-,39-,40-,42-,43+,44+,45?,47-,48-,49+,50-,52-,53+,57-/m1/s1. The summed E-state index contributed by atoms with van der Waals surface area (Å²) in [4.78, 5) is 72.8. The molecule has 1 saturated carbocycles. The van der Waals surface area contributed by atoms with Gasteiger partial charge in [0.1, 0.15) is 30.1 Å². The first kappa shape index (κ1) is 62.9. The lowest BCUT2D eigenvalue weighted by Gasteiger charge is -2.43. The van der Waals surface area contributed by atoms with Gasteiger partial charge < -0.3 is 48.6 Å². The van der Waals surface area contributed by atoms with Gasteiger partial charge in [0.25, 0.3) is 11.7 Å². The van der Waals surface area contributed by atoms with Gasteiger partial charge in [0.2, 0.25) is 5.79 Å². The molecule has 0 aromatic carbocycles. The first-order chi connectivity index (χ1) is 34.8. The number of fused-ring (bicyclic) bond motifs is 3. The van der Waals surface area contributed by atoms with Crippen molar-refractivity contribution in [3.05, 3.63) is 47.6 Å². The lowest BCUT2D eigenvalue weighted by atomic mass is 9.78. The molecule has 16 heteroatoms. The van der Waals surface area contributed by atoms with Gasteiger partial charge in [-0.05, 0) is 126 Å². The third kappa shape index (κ3) is 18.5. The summed E-state index contributed by atoms with van der Waals surface area (Å²) in [5, 5.41) is 33.1. The largest absolute Gasteiger partial charge is 0.460 e. The number of ketones is 3. The maximum absolute atomic E-state index is 14.6. The minimum atomic E-state index is -2.46. The molecule has 0 spiro atoms. The number of amides is 1. The summed E-state index contributed by atoms with van der Waals surface area (Å²) in [5.41, 5.74) is 1.26. The number of nitrogens with zero attached hydrogens (tertiary/aromatic N) is 1. The zero-order chi connectivity index (χ0) is 53.8. The number of cyclic esters (lactones) is 1. The smallest absolute Gasteiger partial charge is 0.329 e. The molecule has 4 rings (SSSR count). The number of halogens is 1. The van der Waals surface area contributed by atoms with Crippen LogP contribution in [0, 0.1) is 35.5 Å². The lowest BCUT2D eigenvalue weighted by Crippen LogP contribution is -2.61. The molecule has 3 aliphatic heterocycles. The summed E-state index contributed by atoms with van der Waals surface area (Å²) in [7, 11) is 3.08. The van der Waals surface area contributed by atoms with Crippen LogP contribution in [0.3, 0.4) is 0 Å². The molecule has 0 aromatic rings. The van der Waals surface area contributed by atoms with Gasteiger partial charge in [0.05, 0.1) is 24.4 Å². The van der Waals surface area contributed by atoms with Crippen LogP contribution in [0.25, 0.3) is 0 Å². The Kier molecular flexibility index (Phi) is 27.1. The zero-order valence-corrected chi connectivity index (χ0v) is 47.5. The van der Waals surface area contributed by atoms with Crippen LogP contribution in [-0.2, 0) is 52.4 Å². The third-order valence-electron chi connectivity index (χ3n) is 15.7. The number of methoxy groups -OCH3 is 2. The van der Waals surface area contributed by atoms with Gasteiger partial charge in [-0.3, -0.25) is 19.2 Å². The minimum Gasteiger partial charge on any atom is -0.460 e. The summed E-state index contributed by atoms with van der Waals surface area (Å²) in [6.45, 7) is 13.9. The number of hydrogen-bond donors (Lipinski definition) is 3. The summed E-state index contributed by atoms with van der Waals surface area (Å²) < 4.78 is 37.7. The monoisotopic (exact) mass is 1140 g/mol. The number of aliphatic hydroxyl groups excluding tert-OH is 2. The molecule has 3 fully saturated rings. The van der Waals surface area contributed by atoms with E-state index >= 15 is 0 Å². The SMILES string of the molecule is CO[C@@H]1C[C@H](C[C@@H](C)[C@@H]2CC(=O)[C@H](C)/C=C(\C)[C@@H](O)[C@@H](OC)C(=O)[C@H](C)C[C@H](C)/C=C/C=C/C=C(\C)[C@H](OCCCCO)C[C@@H]3CC[C@@H](C)[C@@](O)(O3)C(=O)C(=O)N3CCCCC3C(=O)O2)CC[C@H]1OCCCI. The Morgan fingerprint density at radius 1 is 0.849 bits per heavy atom. The van der Waals surface area contributed by atoms with E-state index in [9.17, 15) is 39.3 Å². The molecule has 1 amide bonds. The quantitative estimate of drug-likeness (QED) is 0.0375. The number of alkyl halides is 1.